The van der Waals surface area contributed by atoms with Crippen molar-refractivity contribution < 1.29 is 56.5 Å². The molecule has 0 saturated carbocycles. The molecule has 15 nitrogen and oxygen atoms in total. The van der Waals surface area contributed by atoms with Gasteiger partial charge in [0.15, 0.2) is 16.5 Å². The lowest BCUT2D eigenvalue weighted by Crippen LogP contribution is -2.50. The van der Waals surface area contributed by atoms with Crippen LogP contribution in [0.15, 0.2) is 21.9 Å². The summed E-state index contributed by atoms with van der Waals surface area (Å²) >= 11 is 2.22. The minimum Gasteiger partial charge on any atom is -0.384 e. The van der Waals surface area contributed by atoms with E-state index < -0.39 is 54.9 Å². The highest BCUT2D eigenvalue weighted by atomic mass is 32.2. The SMILES string of the molecule is CC(C)C(=O)SCCOCCOP(=O)(OCCOCCSC(=O)C(C)(C)C)OC[C@@]1(F)O[C@@H](n2ccc(=O)[nH]c2=O)[C@](C)(O)[C@@H]1O. The molecule has 46 heavy (non-hydrogen) atoms. The largest absolute Gasteiger partial charge is 0.475 e. The molecule has 19 heteroatoms. The normalized spacial score (nSPS) is 24.7. The zero-order valence-corrected chi connectivity index (χ0v) is 29.3. The van der Waals surface area contributed by atoms with Crippen molar-refractivity contribution in [3.05, 3.63) is 33.1 Å². The van der Waals surface area contributed by atoms with Gasteiger partial charge >= 0.3 is 13.5 Å². The number of H-pyrrole nitrogens is 1. The number of aromatic amines is 1. The molecule has 1 fully saturated rings. The number of carbonyl (C=O) groups excluding carboxylic acids is 2. The number of ether oxygens (including phenoxy) is 3. The molecular weight excluding hydrogens is 674 g/mol. The van der Waals surface area contributed by atoms with Gasteiger partial charge in [0.25, 0.3) is 11.4 Å². The summed E-state index contributed by atoms with van der Waals surface area (Å²) < 4.78 is 61.8. The van der Waals surface area contributed by atoms with Crippen molar-refractivity contribution in [1.29, 1.82) is 0 Å². The lowest BCUT2D eigenvalue weighted by Gasteiger charge is -2.28. The van der Waals surface area contributed by atoms with Gasteiger partial charge in [-0.2, -0.15) is 0 Å². The van der Waals surface area contributed by atoms with Crippen LogP contribution < -0.4 is 11.2 Å². The lowest BCUT2D eigenvalue weighted by molar-refractivity contribution is -0.205. The van der Waals surface area contributed by atoms with Crippen molar-refractivity contribution >= 4 is 41.6 Å². The van der Waals surface area contributed by atoms with Gasteiger partial charge in [-0.15, -0.1) is 0 Å². The van der Waals surface area contributed by atoms with Crippen LogP contribution in [0, 0.1) is 11.3 Å². The Hall–Kier alpha value is -1.44. The number of aliphatic hydroxyl groups excluding tert-OH is 1. The number of aromatic nitrogens is 2. The van der Waals surface area contributed by atoms with Gasteiger partial charge in [0, 0.05) is 35.1 Å². The second kappa shape index (κ2) is 17.8. The number of halogens is 1. The molecule has 1 unspecified atom stereocenters. The molecule has 5 atom stereocenters. The van der Waals surface area contributed by atoms with Crippen LogP contribution >= 0.6 is 31.3 Å². The quantitative estimate of drug-likeness (QED) is 0.139. The number of phosphoric acid groups is 1. The Labute approximate surface area is 274 Å². The Kier molecular flexibility index (Phi) is 15.8. The number of phosphoric ester groups is 1. The molecule has 0 radical (unpaired) electrons. The first-order valence-electron chi connectivity index (χ1n) is 14.4. The summed E-state index contributed by atoms with van der Waals surface area (Å²) in [5, 5.41) is 21.5. The van der Waals surface area contributed by atoms with E-state index in [-0.39, 0.29) is 55.8 Å². The summed E-state index contributed by atoms with van der Waals surface area (Å²) in [6, 6.07) is 0.935. The van der Waals surface area contributed by atoms with Gasteiger partial charge in [0.2, 0.25) is 0 Å². The van der Waals surface area contributed by atoms with Gasteiger partial charge in [-0.1, -0.05) is 58.1 Å². The smallest absolute Gasteiger partial charge is 0.384 e. The Morgan fingerprint density at radius 1 is 1.07 bits per heavy atom. The predicted molar refractivity (Wildman–Crippen MR) is 168 cm³/mol. The van der Waals surface area contributed by atoms with Gasteiger partial charge < -0.3 is 24.4 Å². The summed E-state index contributed by atoms with van der Waals surface area (Å²) in [6.45, 7) is 8.22. The fourth-order valence-electron chi connectivity index (χ4n) is 3.68. The molecule has 3 N–H and O–H groups in total. The third kappa shape index (κ3) is 12.2. The van der Waals surface area contributed by atoms with Crippen molar-refractivity contribution in [1.82, 2.24) is 9.55 Å². The lowest BCUT2D eigenvalue weighted by atomic mass is 9.95. The van der Waals surface area contributed by atoms with Crippen LogP contribution in [0.4, 0.5) is 4.39 Å². The molecule has 1 saturated heterocycles. The number of nitrogens with one attached hydrogen (secondary N) is 1. The maximum atomic E-state index is 15.9. The first kappa shape index (κ1) is 40.7. The third-order valence-electron chi connectivity index (χ3n) is 6.26. The molecule has 1 aliphatic heterocycles. The van der Waals surface area contributed by atoms with Crippen LogP contribution in [0.25, 0.3) is 0 Å². The van der Waals surface area contributed by atoms with Crippen LogP contribution in [-0.4, -0.2) is 105 Å². The summed E-state index contributed by atoms with van der Waals surface area (Å²) in [7, 11) is -4.58. The van der Waals surface area contributed by atoms with E-state index >= 15 is 4.39 Å². The maximum absolute atomic E-state index is 15.9. The summed E-state index contributed by atoms with van der Waals surface area (Å²) in [4.78, 5) is 49.3. The Balaban J connectivity index is 2.00. The number of thioether (sulfide) groups is 2. The van der Waals surface area contributed by atoms with E-state index in [4.69, 9.17) is 27.8 Å². The van der Waals surface area contributed by atoms with E-state index in [1.807, 2.05) is 4.98 Å². The van der Waals surface area contributed by atoms with Crippen LogP contribution in [0.5, 0.6) is 0 Å². The molecule has 0 bridgehead atoms. The number of hydrogen-bond acceptors (Lipinski definition) is 15. The van der Waals surface area contributed by atoms with Crippen molar-refractivity contribution in [3.63, 3.8) is 0 Å². The Morgan fingerprint density at radius 2 is 1.63 bits per heavy atom. The van der Waals surface area contributed by atoms with Crippen molar-refractivity contribution in [2.45, 2.75) is 65.3 Å². The topological polar surface area (TPSA) is 202 Å². The molecule has 1 aromatic rings. The van der Waals surface area contributed by atoms with Crippen molar-refractivity contribution in [3.8, 4) is 0 Å². The second-order valence-electron chi connectivity index (χ2n) is 11.7. The molecule has 0 aromatic carbocycles. The standard InChI is InChI=1S/C27H44FN2O13PS2/c1-18(2)20(32)45-15-13-38-9-11-40-44(37,41-12-10-39-14-16-46-23(34)25(3,4)5)42-17-27(28)21(33)26(6,36)22(43-27)30-8-7-19(31)29-24(30)35/h7-8,18,21-22,33,36H,9-17H2,1-6H3,(H,29,31,35)/t21-,22+,26+,27+,44?/m0/s1. The third-order valence-corrected chi connectivity index (χ3v) is 10.1. The number of alkyl halides is 1. The summed E-state index contributed by atoms with van der Waals surface area (Å²) in [6.07, 6.45) is -3.18. The number of rotatable bonds is 19. The van der Waals surface area contributed by atoms with E-state index in [0.717, 1.165) is 42.7 Å². The predicted octanol–water partition coefficient (Wildman–Crippen LogP) is 2.26. The van der Waals surface area contributed by atoms with Crippen LogP contribution in [0.1, 0.15) is 47.8 Å². The molecule has 0 aliphatic carbocycles. The van der Waals surface area contributed by atoms with Gasteiger partial charge in [0.05, 0.1) is 39.6 Å². The minimum absolute atomic E-state index is 0.00546. The minimum atomic E-state index is -4.58. The van der Waals surface area contributed by atoms with Gasteiger partial charge in [-0.25, -0.2) is 13.8 Å². The van der Waals surface area contributed by atoms with Gasteiger partial charge in [-0.3, -0.25) is 37.5 Å². The monoisotopic (exact) mass is 718 g/mol. The molecule has 1 aliphatic rings. The first-order valence-corrected chi connectivity index (χ1v) is 17.9. The van der Waals surface area contributed by atoms with Gasteiger partial charge in [-0.05, 0) is 6.92 Å². The zero-order valence-electron chi connectivity index (χ0n) is 26.7. The average Bonchev–Trinajstić information content (AvgIpc) is 3.14. The number of carbonyl (C=O) groups is 2. The number of nitrogens with zero attached hydrogens (tertiary/aromatic N) is 1. The number of hydrogen-bond donors (Lipinski definition) is 3. The highest BCUT2D eigenvalue weighted by Gasteiger charge is 2.63. The summed E-state index contributed by atoms with van der Waals surface area (Å²) in [5.41, 5.74) is -4.70. The van der Waals surface area contributed by atoms with Gasteiger partial charge in [0.1, 0.15) is 18.3 Å². The van der Waals surface area contributed by atoms with E-state index in [1.165, 1.54) is 0 Å². The zero-order chi connectivity index (χ0) is 34.8. The van der Waals surface area contributed by atoms with Crippen LogP contribution in [0.2, 0.25) is 0 Å². The highest BCUT2D eigenvalue weighted by Crippen LogP contribution is 2.52. The van der Waals surface area contributed by atoms with Crippen molar-refractivity contribution in [2.24, 2.45) is 11.3 Å². The van der Waals surface area contributed by atoms with E-state index in [1.54, 1.807) is 34.6 Å². The van der Waals surface area contributed by atoms with E-state index in [9.17, 15) is 34.0 Å². The van der Waals surface area contributed by atoms with E-state index in [2.05, 4.69) is 0 Å². The molecule has 264 valence electrons. The van der Waals surface area contributed by atoms with Crippen LogP contribution in [-0.2, 0) is 41.9 Å². The second-order valence-corrected chi connectivity index (χ2v) is 15.6. The fourth-order valence-corrected chi connectivity index (χ4v) is 6.39. The Morgan fingerprint density at radius 3 is 2.15 bits per heavy atom. The molecule has 0 amide bonds. The Bertz CT molecular complexity index is 1320. The maximum Gasteiger partial charge on any atom is 0.475 e. The van der Waals surface area contributed by atoms with E-state index in [0.29, 0.717) is 16.1 Å². The molecule has 2 heterocycles. The van der Waals surface area contributed by atoms with Crippen molar-refractivity contribution in [2.75, 3.05) is 57.8 Å². The summed E-state index contributed by atoms with van der Waals surface area (Å²) in [5.74, 6) is -2.58. The first-order chi connectivity index (χ1) is 21.3. The molecular formula is C27H44FN2O13PS2. The molecule has 2 rings (SSSR count). The number of aliphatic hydroxyl groups is 2. The average molecular weight is 719 g/mol. The fraction of sp³-hybridized carbons (Fsp3) is 0.778. The molecule has 1 aromatic heterocycles. The highest BCUT2D eigenvalue weighted by molar-refractivity contribution is 8.13. The van der Waals surface area contributed by atoms with Crippen LogP contribution in [0.3, 0.4) is 0 Å². The molecule has 0 spiro atoms.